The van der Waals surface area contributed by atoms with Crippen molar-refractivity contribution in [1.29, 1.82) is 0 Å². The van der Waals surface area contributed by atoms with Gasteiger partial charge in [0.25, 0.3) is 26.0 Å². The molecule has 224 valence electrons. The largest absolute Gasteiger partial charge is 0.322 e. The molecule has 4 aromatic carbocycles. The van der Waals surface area contributed by atoms with Crippen molar-refractivity contribution in [3.8, 4) is 0 Å². The lowest BCUT2D eigenvalue weighted by atomic mass is 10.1. The average molecular weight is 647 g/mol. The normalized spacial score (nSPS) is 11.5. The SMILES string of the molecule is Cc1ccc(S(=O)(=O)N(Cc2ccc(Cl)cc2)c2ccccc2C(=O)Nc2ccc(S(=O)(=O)Nc3cccnc3)cc2)cc1. The van der Waals surface area contributed by atoms with Gasteiger partial charge in [0.1, 0.15) is 0 Å². The van der Waals surface area contributed by atoms with Crippen LogP contribution in [0.5, 0.6) is 0 Å². The van der Waals surface area contributed by atoms with E-state index in [0.29, 0.717) is 22.0 Å². The van der Waals surface area contributed by atoms with Gasteiger partial charge in [0, 0.05) is 16.9 Å². The minimum absolute atomic E-state index is 0.0157. The maximum Gasteiger partial charge on any atom is 0.264 e. The summed E-state index contributed by atoms with van der Waals surface area (Å²) in [4.78, 5) is 17.5. The number of benzene rings is 4. The molecule has 1 heterocycles. The molecule has 0 saturated heterocycles. The van der Waals surface area contributed by atoms with E-state index in [2.05, 4.69) is 15.0 Å². The van der Waals surface area contributed by atoms with Gasteiger partial charge >= 0.3 is 0 Å². The molecule has 0 unspecified atom stereocenters. The zero-order valence-corrected chi connectivity index (χ0v) is 25.8. The van der Waals surface area contributed by atoms with Crippen molar-refractivity contribution < 1.29 is 21.6 Å². The van der Waals surface area contributed by atoms with E-state index in [1.54, 1.807) is 66.7 Å². The molecule has 0 fully saturated rings. The number of hydrogen-bond acceptors (Lipinski definition) is 6. The van der Waals surface area contributed by atoms with Gasteiger partial charge in [-0.3, -0.25) is 18.8 Å². The first-order valence-corrected chi connectivity index (χ1v) is 16.6. The van der Waals surface area contributed by atoms with Crippen LogP contribution in [0.2, 0.25) is 5.02 Å². The number of carbonyl (C=O) groups excluding carboxylic acids is 1. The molecule has 0 bridgehead atoms. The van der Waals surface area contributed by atoms with E-state index in [9.17, 15) is 21.6 Å². The second-order valence-corrected chi connectivity index (χ2v) is 13.8. The van der Waals surface area contributed by atoms with Crippen molar-refractivity contribution in [2.45, 2.75) is 23.3 Å². The van der Waals surface area contributed by atoms with Crippen molar-refractivity contribution in [2.75, 3.05) is 14.3 Å². The highest BCUT2D eigenvalue weighted by atomic mass is 35.5. The van der Waals surface area contributed by atoms with Crippen LogP contribution in [-0.2, 0) is 26.6 Å². The van der Waals surface area contributed by atoms with Crippen molar-refractivity contribution >= 4 is 54.6 Å². The minimum atomic E-state index is -4.11. The van der Waals surface area contributed by atoms with Gasteiger partial charge in [-0.05, 0) is 85.3 Å². The van der Waals surface area contributed by atoms with Crippen LogP contribution in [0.25, 0.3) is 0 Å². The van der Waals surface area contributed by atoms with Gasteiger partial charge in [-0.2, -0.15) is 0 Å². The van der Waals surface area contributed by atoms with Gasteiger partial charge in [0.05, 0.1) is 39.5 Å². The van der Waals surface area contributed by atoms with Crippen molar-refractivity contribution in [2.24, 2.45) is 0 Å². The van der Waals surface area contributed by atoms with Crippen LogP contribution in [0.1, 0.15) is 21.5 Å². The highest BCUT2D eigenvalue weighted by molar-refractivity contribution is 7.93. The number of carbonyl (C=O) groups is 1. The molecule has 5 rings (SSSR count). The number of aryl methyl sites for hydroxylation is 1. The van der Waals surface area contributed by atoms with Gasteiger partial charge in [0.2, 0.25) is 0 Å². The molecule has 0 radical (unpaired) electrons. The molecule has 5 aromatic rings. The van der Waals surface area contributed by atoms with Crippen molar-refractivity contribution in [3.63, 3.8) is 0 Å². The number of nitrogens with one attached hydrogen (secondary N) is 2. The maximum atomic E-state index is 14.0. The standard InChI is InChI=1S/C32H27ClN4O5S2/c1-23-8-16-29(17-9-23)44(41,42)37(22-24-10-12-25(33)13-11-24)31-7-3-2-6-30(31)32(38)35-26-14-18-28(19-15-26)43(39,40)36-27-5-4-20-34-21-27/h2-21,36H,22H2,1H3,(H,35,38). The summed E-state index contributed by atoms with van der Waals surface area (Å²) < 4.78 is 57.2. The first-order chi connectivity index (χ1) is 21.0. The first kappa shape index (κ1) is 30.7. The van der Waals surface area contributed by atoms with Crippen LogP contribution in [-0.4, -0.2) is 27.7 Å². The number of nitrogens with zero attached hydrogens (tertiary/aromatic N) is 2. The zero-order chi connectivity index (χ0) is 31.3. The summed E-state index contributed by atoms with van der Waals surface area (Å²) in [5.74, 6) is -0.579. The number of aromatic nitrogens is 1. The van der Waals surface area contributed by atoms with E-state index in [0.717, 1.165) is 5.56 Å². The van der Waals surface area contributed by atoms with Gasteiger partial charge in [-0.15, -0.1) is 0 Å². The van der Waals surface area contributed by atoms with Gasteiger partial charge in [-0.1, -0.05) is 53.6 Å². The summed E-state index contributed by atoms with van der Waals surface area (Å²) >= 11 is 6.06. The van der Waals surface area contributed by atoms with Crippen molar-refractivity contribution in [3.05, 3.63) is 143 Å². The Bertz CT molecular complexity index is 1990. The topological polar surface area (TPSA) is 126 Å². The molecule has 2 N–H and O–H groups in total. The third kappa shape index (κ3) is 7.08. The van der Waals surface area contributed by atoms with E-state index in [-0.39, 0.29) is 27.6 Å². The number of hydrogen-bond donors (Lipinski definition) is 2. The molecular weight excluding hydrogens is 620 g/mol. The number of para-hydroxylation sites is 1. The fourth-order valence-electron chi connectivity index (χ4n) is 4.33. The van der Waals surface area contributed by atoms with E-state index in [1.165, 1.54) is 59.2 Å². The molecule has 1 amide bonds. The summed E-state index contributed by atoms with van der Waals surface area (Å²) in [5.41, 5.74) is 2.46. The molecule has 0 aliphatic rings. The predicted octanol–water partition coefficient (Wildman–Crippen LogP) is 6.49. The molecule has 0 spiro atoms. The number of halogens is 1. The van der Waals surface area contributed by atoms with Gasteiger partial charge in [-0.25, -0.2) is 16.8 Å². The lowest BCUT2D eigenvalue weighted by Crippen LogP contribution is -2.32. The molecule has 0 atom stereocenters. The zero-order valence-electron chi connectivity index (χ0n) is 23.4. The molecule has 0 aliphatic heterocycles. The highest BCUT2D eigenvalue weighted by Gasteiger charge is 2.29. The molecule has 12 heteroatoms. The molecular formula is C32H27ClN4O5S2. The van der Waals surface area contributed by atoms with Crippen LogP contribution in [0.4, 0.5) is 17.1 Å². The second kappa shape index (κ2) is 12.9. The fourth-order valence-corrected chi connectivity index (χ4v) is 6.97. The first-order valence-electron chi connectivity index (χ1n) is 13.3. The van der Waals surface area contributed by atoms with Crippen LogP contribution < -0.4 is 14.3 Å². The molecule has 0 aliphatic carbocycles. The number of rotatable bonds is 10. The number of amides is 1. The number of sulfonamides is 2. The Morgan fingerprint density at radius 2 is 1.43 bits per heavy atom. The van der Waals surface area contributed by atoms with Gasteiger partial charge < -0.3 is 5.32 Å². The van der Waals surface area contributed by atoms with Crippen LogP contribution in [0, 0.1) is 6.92 Å². The monoisotopic (exact) mass is 646 g/mol. The average Bonchev–Trinajstić information content (AvgIpc) is 3.01. The third-order valence-electron chi connectivity index (χ3n) is 6.60. The minimum Gasteiger partial charge on any atom is -0.322 e. The summed E-state index contributed by atoms with van der Waals surface area (Å²) in [7, 11) is -8.00. The summed E-state index contributed by atoms with van der Waals surface area (Å²) in [6.45, 7) is 1.80. The number of pyridine rings is 1. The van der Waals surface area contributed by atoms with Crippen LogP contribution in [0.15, 0.2) is 131 Å². The fraction of sp³-hybridized carbons (Fsp3) is 0.0625. The van der Waals surface area contributed by atoms with Crippen molar-refractivity contribution in [1.82, 2.24) is 4.98 Å². The van der Waals surface area contributed by atoms with Crippen LogP contribution in [0.3, 0.4) is 0 Å². The lowest BCUT2D eigenvalue weighted by Gasteiger charge is -2.27. The Morgan fingerprint density at radius 3 is 2.09 bits per heavy atom. The van der Waals surface area contributed by atoms with E-state index in [4.69, 9.17) is 11.6 Å². The van der Waals surface area contributed by atoms with Crippen LogP contribution >= 0.6 is 11.6 Å². The highest BCUT2D eigenvalue weighted by Crippen LogP contribution is 2.30. The lowest BCUT2D eigenvalue weighted by molar-refractivity contribution is 0.102. The second-order valence-electron chi connectivity index (χ2n) is 9.79. The quantitative estimate of drug-likeness (QED) is 0.179. The van der Waals surface area contributed by atoms with E-state index in [1.807, 2.05) is 6.92 Å². The van der Waals surface area contributed by atoms with E-state index >= 15 is 0 Å². The number of anilines is 3. The van der Waals surface area contributed by atoms with Gasteiger partial charge in [0.15, 0.2) is 0 Å². The Hall–Kier alpha value is -4.71. The van der Waals surface area contributed by atoms with E-state index < -0.39 is 26.0 Å². The summed E-state index contributed by atoms with van der Waals surface area (Å²) in [6, 6.07) is 28.4. The summed E-state index contributed by atoms with van der Waals surface area (Å²) in [5, 5.41) is 3.26. The predicted molar refractivity (Wildman–Crippen MR) is 172 cm³/mol. The Labute approximate surface area is 261 Å². The maximum absolute atomic E-state index is 14.0. The molecule has 44 heavy (non-hydrogen) atoms. The summed E-state index contributed by atoms with van der Waals surface area (Å²) in [6.07, 6.45) is 2.92. The Balaban J connectivity index is 1.45. The smallest absolute Gasteiger partial charge is 0.264 e. The molecule has 0 saturated carbocycles. The third-order valence-corrected chi connectivity index (χ3v) is 10.0. The Morgan fingerprint density at radius 1 is 0.773 bits per heavy atom. The molecule has 1 aromatic heterocycles. The molecule has 9 nitrogen and oxygen atoms in total. The Kier molecular flexibility index (Phi) is 9.00.